The second kappa shape index (κ2) is 6.74. The Hall–Kier alpha value is -2.82. The van der Waals surface area contributed by atoms with Gasteiger partial charge in [0.05, 0.1) is 5.41 Å². The SMILES string of the molecule is O=C(O)COc1ccc(NC(=O)C2(Cc3ccccc3)CC2)cc1. The molecule has 0 bridgehead atoms. The van der Waals surface area contributed by atoms with E-state index in [2.05, 4.69) is 5.32 Å². The highest BCUT2D eigenvalue weighted by molar-refractivity contribution is 5.97. The van der Waals surface area contributed by atoms with Crippen LogP contribution in [-0.4, -0.2) is 23.6 Å². The predicted octanol–water partition coefficient (Wildman–Crippen LogP) is 3.11. The van der Waals surface area contributed by atoms with E-state index in [0.717, 1.165) is 19.3 Å². The quantitative estimate of drug-likeness (QED) is 0.820. The van der Waals surface area contributed by atoms with Gasteiger partial charge in [0.2, 0.25) is 5.91 Å². The Morgan fingerprint density at radius 3 is 2.29 bits per heavy atom. The van der Waals surface area contributed by atoms with Gasteiger partial charge in [0.25, 0.3) is 0 Å². The second-order valence-electron chi connectivity index (χ2n) is 6.10. The maximum absolute atomic E-state index is 12.6. The highest BCUT2D eigenvalue weighted by Crippen LogP contribution is 2.49. The number of rotatable bonds is 7. The van der Waals surface area contributed by atoms with Crippen molar-refractivity contribution in [2.24, 2.45) is 5.41 Å². The average molecular weight is 325 g/mol. The van der Waals surface area contributed by atoms with Crippen molar-refractivity contribution in [2.75, 3.05) is 11.9 Å². The van der Waals surface area contributed by atoms with Crippen LogP contribution in [0.4, 0.5) is 5.69 Å². The van der Waals surface area contributed by atoms with Gasteiger partial charge in [0.1, 0.15) is 5.75 Å². The molecule has 124 valence electrons. The van der Waals surface area contributed by atoms with Crippen LogP contribution in [0, 0.1) is 5.41 Å². The summed E-state index contributed by atoms with van der Waals surface area (Å²) in [5.41, 5.74) is 1.55. The molecule has 0 atom stereocenters. The van der Waals surface area contributed by atoms with Gasteiger partial charge >= 0.3 is 5.97 Å². The molecule has 1 aliphatic carbocycles. The molecule has 24 heavy (non-hydrogen) atoms. The van der Waals surface area contributed by atoms with E-state index in [1.165, 1.54) is 5.56 Å². The number of nitrogens with one attached hydrogen (secondary N) is 1. The van der Waals surface area contributed by atoms with Gasteiger partial charge in [0.15, 0.2) is 6.61 Å². The Morgan fingerprint density at radius 1 is 1.04 bits per heavy atom. The van der Waals surface area contributed by atoms with E-state index in [-0.39, 0.29) is 17.9 Å². The summed E-state index contributed by atoms with van der Waals surface area (Å²) in [6.45, 7) is -0.383. The van der Waals surface area contributed by atoms with Crippen LogP contribution >= 0.6 is 0 Å². The van der Waals surface area contributed by atoms with Gasteiger partial charge in [-0.25, -0.2) is 4.79 Å². The summed E-state index contributed by atoms with van der Waals surface area (Å²) in [6.07, 6.45) is 2.54. The van der Waals surface area contributed by atoms with Crippen LogP contribution in [0.1, 0.15) is 18.4 Å². The Morgan fingerprint density at radius 2 is 1.71 bits per heavy atom. The average Bonchev–Trinajstić information content (AvgIpc) is 3.36. The van der Waals surface area contributed by atoms with Crippen LogP contribution in [0.25, 0.3) is 0 Å². The molecule has 0 radical (unpaired) electrons. The summed E-state index contributed by atoms with van der Waals surface area (Å²) in [5.74, 6) is -0.532. The fraction of sp³-hybridized carbons (Fsp3) is 0.263. The van der Waals surface area contributed by atoms with Crippen LogP contribution in [0.2, 0.25) is 0 Å². The summed E-state index contributed by atoms with van der Waals surface area (Å²) in [6, 6.07) is 16.8. The minimum absolute atomic E-state index is 0.0329. The summed E-state index contributed by atoms with van der Waals surface area (Å²) < 4.78 is 5.07. The van der Waals surface area contributed by atoms with Crippen molar-refractivity contribution in [1.29, 1.82) is 0 Å². The number of ether oxygens (including phenoxy) is 1. The van der Waals surface area contributed by atoms with Crippen molar-refractivity contribution < 1.29 is 19.4 Å². The number of anilines is 1. The molecule has 1 amide bonds. The first-order valence-corrected chi connectivity index (χ1v) is 7.87. The second-order valence-corrected chi connectivity index (χ2v) is 6.10. The first-order valence-electron chi connectivity index (χ1n) is 7.87. The van der Waals surface area contributed by atoms with E-state index in [9.17, 15) is 9.59 Å². The maximum atomic E-state index is 12.6. The molecule has 0 aliphatic heterocycles. The van der Waals surface area contributed by atoms with Crippen LogP contribution in [0.5, 0.6) is 5.75 Å². The van der Waals surface area contributed by atoms with Crippen molar-refractivity contribution in [2.45, 2.75) is 19.3 Å². The first kappa shape index (κ1) is 16.1. The van der Waals surface area contributed by atoms with E-state index < -0.39 is 5.97 Å². The number of amides is 1. The highest BCUT2D eigenvalue weighted by Gasteiger charge is 2.49. The number of carbonyl (C=O) groups is 2. The van der Waals surface area contributed by atoms with Gasteiger partial charge in [0, 0.05) is 5.69 Å². The lowest BCUT2D eigenvalue weighted by Crippen LogP contribution is -2.26. The molecule has 0 unspecified atom stereocenters. The zero-order chi connectivity index (χ0) is 17.0. The normalized spacial score (nSPS) is 14.7. The standard InChI is InChI=1S/C19H19NO4/c21-17(22)13-24-16-8-6-15(7-9-16)20-18(23)19(10-11-19)12-14-4-2-1-3-5-14/h1-9H,10-13H2,(H,20,23)(H,21,22). The van der Waals surface area contributed by atoms with Crippen molar-refractivity contribution in [3.63, 3.8) is 0 Å². The number of carbonyl (C=O) groups excluding carboxylic acids is 1. The molecule has 1 fully saturated rings. The Kier molecular flexibility index (Phi) is 4.51. The molecule has 2 aromatic carbocycles. The Balaban J connectivity index is 1.59. The summed E-state index contributed by atoms with van der Waals surface area (Å²) in [7, 11) is 0. The zero-order valence-electron chi connectivity index (χ0n) is 13.2. The largest absolute Gasteiger partial charge is 0.482 e. The zero-order valence-corrected chi connectivity index (χ0v) is 13.2. The lowest BCUT2D eigenvalue weighted by molar-refractivity contribution is -0.139. The summed E-state index contributed by atoms with van der Waals surface area (Å²) in [4.78, 5) is 23.1. The minimum Gasteiger partial charge on any atom is -0.482 e. The minimum atomic E-state index is -1.02. The predicted molar refractivity (Wildman–Crippen MR) is 90.0 cm³/mol. The molecule has 2 aromatic rings. The van der Waals surface area contributed by atoms with Crippen molar-refractivity contribution in [1.82, 2.24) is 0 Å². The third-order valence-corrected chi connectivity index (χ3v) is 4.20. The molecule has 2 N–H and O–H groups in total. The maximum Gasteiger partial charge on any atom is 0.341 e. The number of hydrogen-bond donors (Lipinski definition) is 2. The number of carboxylic acid groups (broad SMARTS) is 1. The molecule has 0 aromatic heterocycles. The lowest BCUT2D eigenvalue weighted by atomic mass is 9.95. The number of aliphatic carboxylic acids is 1. The molecule has 0 saturated heterocycles. The number of hydrogen-bond acceptors (Lipinski definition) is 3. The molecule has 0 spiro atoms. The monoisotopic (exact) mass is 325 g/mol. The van der Waals surface area contributed by atoms with Crippen LogP contribution in [-0.2, 0) is 16.0 Å². The fourth-order valence-electron chi connectivity index (χ4n) is 2.66. The van der Waals surface area contributed by atoms with Gasteiger partial charge in [-0.15, -0.1) is 0 Å². The molecular weight excluding hydrogens is 306 g/mol. The Bertz CT molecular complexity index is 721. The fourth-order valence-corrected chi connectivity index (χ4v) is 2.66. The number of benzene rings is 2. The van der Waals surface area contributed by atoms with Crippen molar-refractivity contribution >= 4 is 17.6 Å². The topological polar surface area (TPSA) is 75.6 Å². The van der Waals surface area contributed by atoms with E-state index >= 15 is 0 Å². The molecule has 3 rings (SSSR count). The third kappa shape index (κ3) is 3.93. The van der Waals surface area contributed by atoms with E-state index in [1.807, 2.05) is 30.3 Å². The third-order valence-electron chi connectivity index (χ3n) is 4.20. The van der Waals surface area contributed by atoms with E-state index in [4.69, 9.17) is 9.84 Å². The molecule has 1 saturated carbocycles. The Labute approximate surface area is 140 Å². The molecular formula is C19H19NO4. The van der Waals surface area contributed by atoms with Crippen LogP contribution in [0.15, 0.2) is 54.6 Å². The van der Waals surface area contributed by atoms with Crippen molar-refractivity contribution in [3.8, 4) is 5.75 Å². The molecule has 1 aliphatic rings. The molecule has 0 heterocycles. The molecule has 5 heteroatoms. The summed E-state index contributed by atoms with van der Waals surface area (Å²) in [5, 5.41) is 11.5. The van der Waals surface area contributed by atoms with Crippen molar-refractivity contribution in [3.05, 3.63) is 60.2 Å². The van der Waals surface area contributed by atoms with Gasteiger partial charge in [-0.3, -0.25) is 4.79 Å². The van der Waals surface area contributed by atoms with Gasteiger partial charge in [-0.05, 0) is 49.1 Å². The molecule has 5 nitrogen and oxygen atoms in total. The smallest absolute Gasteiger partial charge is 0.341 e. The van der Waals surface area contributed by atoms with E-state index in [0.29, 0.717) is 11.4 Å². The van der Waals surface area contributed by atoms with E-state index in [1.54, 1.807) is 24.3 Å². The van der Waals surface area contributed by atoms with Crippen LogP contribution < -0.4 is 10.1 Å². The first-order chi connectivity index (χ1) is 11.6. The summed E-state index contributed by atoms with van der Waals surface area (Å²) >= 11 is 0. The highest BCUT2D eigenvalue weighted by atomic mass is 16.5. The van der Waals surface area contributed by atoms with Gasteiger partial charge in [-0.1, -0.05) is 30.3 Å². The number of carboxylic acids is 1. The van der Waals surface area contributed by atoms with Gasteiger partial charge in [-0.2, -0.15) is 0 Å². The van der Waals surface area contributed by atoms with Crippen LogP contribution in [0.3, 0.4) is 0 Å². The lowest BCUT2D eigenvalue weighted by Gasteiger charge is -2.15. The van der Waals surface area contributed by atoms with Gasteiger partial charge < -0.3 is 15.2 Å².